The Morgan fingerprint density at radius 2 is 2.24 bits per heavy atom. The van der Waals surface area contributed by atoms with E-state index in [1.807, 2.05) is 6.92 Å². The van der Waals surface area contributed by atoms with Crippen LogP contribution >= 0.6 is 0 Å². The third-order valence-electron chi connectivity index (χ3n) is 2.22. The standard InChI is InChI=1S/C12H17NO4/c1-2-17-6-5-13-12(16)10-7-9(8-14)3-4-11(10)15/h3-4,7,14-15H,2,5-6,8H2,1H3,(H,13,16). The molecule has 0 radical (unpaired) electrons. The molecule has 0 atom stereocenters. The SMILES string of the molecule is CCOCCNC(=O)c1cc(CO)ccc1O. The van der Waals surface area contributed by atoms with Crippen molar-refractivity contribution in [3.63, 3.8) is 0 Å². The van der Waals surface area contributed by atoms with E-state index < -0.39 is 0 Å². The molecule has 0 unspecified atom stereocenters. The highest BCUT2D eigenvalue weighted by molar-refractivity contribution is 5.96. The summed E-state index contributed by atoms with van der Waals surface area (Å²) >= 11 is 0. The van der Waals surface area contributed by atoms with Gasteiger partial charge in [0, 0.05) is 13.2 Å². The molecule has 0 fully saturated rings. The lowest BCUT2D eigenvalue weighted by atomic mass is 10.1. The number of aliphatic hydroxyl groups excluding tert-OH is 1. The van der Waals surface area contributed by atoms with E-state index in [1.165, 1.54) is 12.1 Å². The van der Waals surface area contributed by atoms with Crippen LogP contribution < -0.4 is 5.32 Å². The van der Waals surface area contributed by atoms with Gasteiger partial charge in [-0.15, -0.1) is 0 Å². The monoisotopic (exact) mass is 239 g/mol. The first-order valence-corrected chi connectivity index (χ1v) is 5.47. The van der Waals surface area contributed by atoms with Gasteiger partial charge in [0.25, 0.3) is 5.91 Å². The minimum atomic E-state index is -0.377. The van der Waals surface area contributed by atoms with Crippen LogP contribution in [0.1, 0.15) is 22.8 Å². The lowest BCUT2D eigenvalue weighted by Crippen LogP contribution is -2.27. The van der Waals surface area contributed by atoms with Gasteiger partial charge in [0.2, 0.25) is 0 Å². The van der Waals surface area contributed by atoms with Crippen LogP contribution in [0.5, 0.6) is 5.75 Å². The van der Waals surface area contributed by atoms with E-state index in [-0.39, 0.29) is 23.8 Å². The zero-order chi connectivity index (χ0) is 12.7. The molecule has 17 heavy (non-hydrogen) atoms. The number of aromatic hydroxyl groups is 1. The van der Waals surface area contributed by atoms with Crippen LogP contribution in [0.25, 0.3) is 0 Å². The van der Waals surface area contributed by atoms with Crippen molar-refractivity contribution in [3.05, 3.63) is 29.3 Å². The molecule has 1 rings (SSSR count). The van der Waals surface area contributed by atoms with Crippen molar-refractivity contribution in [1.29, 1.82) is 0 Å². The molecule has 0 aliphatic carbocycles. The number of hydrogen-bond donors (Lipinski definition) is 3. The van der Waals surface area contributed by atoms with E-state index in [2.05, 4.69) is 5.32 Å². The van der Waals surface area contributed by atoms with Crippen LogP contribution in [-0.2, 0) is 11.3 Å². The Bertz CT molecular complexity index is 379. The molecule has 1 aromatic rings. The molecular weight excluding hydrogens is 222 g/mol. The van der Waals surface area contributed by atoms with Gasteiger partial charge in [0.05, 0.1) is 18.8 Å². The summed E-state index contributed by atoms with van der Waals surface area (Å²) in [6.45, 7) is 3.12. The number of aliphatic hydroxyl groups is 1. The number of phenols is 1. The van der Waals surface area contributed by atoms with Crippen molar-refractivity contribution < 1.29 is 19.7 Å². The minimum Gasteiger partial charge on any atom is -0.507 e. The van der Waals surface area contributed by atoms with Crippen LogP contribution in [0.2, 0.25) is 0 Å². The summed E-state index contributed by atoms with van der Waals surface area (Å²) in [5.74, 6) is -0.478. The largest absolute Gasteiger partial charge is 0.507 e. The van der Waals surface area contributed by atoms with Crippen molar-refractivity contribution in [2.24, 2.45) is 0 Å². The Hall–Kier alpha value is -1.59. The number of rotatable bonds is 6. The second kappa shape index (κ2) is 6.88. The molecule has 0 aromatic heterocycles. The Morgan fingerprint density at radius 1 is 1.47 bits per heavy atom. The predicted molar refractivity (Wildman–Crippen MR) is 62.9 cm³/mol. The highest BCUT2D eigenvalue weighted by Crippen LogP contribution is 2.18. The maximum Gasteiger partial charge on any atom is 0.255 e. The quantitative estimate of drug-likeness (QED) is 0.637. The van der Waals surface area contributed by atoms with Crippen molar-refractivity contribution >= 4 is 5.91 Å². The highest BCUT2D eigenvalue weighted by atomic mass is 16.5. The molecule has 1 aromatic carbocycles. The van der Waals surface area contributed by atoms with E-state index in [4.69, 9.17) is 9.84 Å². The first-order valence-electron chi connectivity index (χ1n) is 5.47. The van der Waals surface area contributed by atoms with Crippen molar-refractivity contribution in [2.75, 3.05) is 19.8 Å². The molecular formula is C12H17NO4. The summed E-state index contributed by atoms with van der Waals surface area (Å²) in [5.41, 5.74) is 0.741. The number of amides is 1. The fourth-order valence-electron chi connectivity index (χ4n) is 1.34. The third-order valence-corrected chi connectivity index (χ3v) is 2.22. The molecule has 0 bridgehead atoms. The molecule has 1 amide bonds. The van der Waals surface area contributed by atoms with Crippen molar-refractivity contribution in [3.8, 4) is 5.75 Å². The van der Waals surface area contributed by atoms with E-state index >= 15 is 0 Å². The molecule has 5 heteroatoms. The Labute approximate surface area is 100 Å². The van der Waals surface area contributed by atoms with Crippen LogP contribution in [0.4, 0.5) is 0 Å². The molecule has 94 valence electrons. The van der Waals surface area contributed by atoms with Gasteiger partial charge in [-0.2, -0.15) is 0 Å². The Morgan fingerprint density at radius 3 is 2.88 bits per heavy atom. The molecule has 0 heterocycles. The molecule has 0 aliphatic heterocycles. The second-order valence-electron chi connectivity index (χ2n) is 3.46. The highest BCUT2D eigenvalue weighted by Gasteiger charge is 2.11. The number of nitrogens with one attached hydrogen (secondary N) is 1. The second-order valence-corrected chi connectivity index (χ2v) is 3.46. The summed E-state index contributed by atoms with van der Waals surface area (Å²) in [6, 6.07) is 4.42. The normalized spacial score (nSPS) is 10.2. The van der Waals surface area contributed by atoms with Crippen LogP contribution in [0, 0.1) is 0 Å². The van der Waals surface area contributed by atoms with Gasteiger partial charge in [0.15, 0.2) is 0 Å². The maximum atomic E-state index is 11.7. The summed E-state index contributed by atoms with van der Waals surface area (Å²) in [7, 11) is 0. The van der Waals surface area contributed by atoms with Crippen LogP contribution in [0.15, 0.2) is 18.2 Å². The predicted octanol–water partition coefficient (Wildman–Crippen LogP) is 0.651. The zero-order valence-corrected chi connectivity index (χ0v) is 9.77. The number of carbonyl (C=O) groups excluding carboxylic acids is 1. The Balaban J connectivity index is 2.61. The number of carbonyl (C=O) groups is 1. The van der Waals surface area contributed by atoms with E-state index in [0.717, 1.165) is 0 Å². The topological polar surface area (TPSA) is 78.8 Å². The summed E-state index contributed by atoms with van der Waals surface area (Å²) in [6.07, 6.45) is 0. The maximum absolute atomic E-state index is 11.7. The fraction of sp³-hybridized carbons (Fsp3) is 0.417. The average molecular weight is 239 g/mol. The number of ether oxygens (including phenoxy) is 1. The van der Waals surface area contributed by atoms with E-state index in [0.29, 0.717) is 25.3 Å². The van der Waals surface area contributed by atoms with Gasteiger partial charge >= 0.3 is 0 Å². The fourth-order valence-corrected chi connectivity index (χ4v) is 1.34. The lowest BCUT2D eigenvalue weighted by molar-refractivity contribution is 0.0920. The van der Waals surface area contributed by atoms with Gasteiger partial charge in [-0.3, -0.25) is 4.79 Å². The molecule has 5 nitrogen and oxygen atoms in total. The summed E-state index contributed by atoms with van der Waals surface area (Å²) in [5, 5.41) is 21.1. The molecule has 0 saturated heterocycles. The van der Waals surface area contributed by atoms with E-state index in [9.17, 15) is 9.90 Å². The van der Waals surface area contributed by atoms with Gasteiger partial charge < -0.3 is 20.3 Å². The third kappa shape index (κ3) is 4.05. The van der Waals surface area contributed by atoms with Crippen molar-refractivity contribution in [2.45, 2.75) is 13.5 Å². The summed E-state index contributed by atoms with van der Waals surface area (Å²) in [4.78, 5) is 11.7. The molecule has 3 N–H and O–H groups in total. The van der Waals surface area contributed by atoms with Gasteiger partial charge in [-0.05, 0) is 24.6 Å². The zero-order valence-electron chi connectivity index (χ0n) is 9.77. The van der Waals surface area contributed by atoms with E-state index in [1.54, 1.807) is 6.07 Å². The first kappa shape index (κ1) is 13.5. The summed E-state index contributed by atoms with van der Waals surface area (Å²) < 4.78 is 5.08. The van der Waals surface area contributed by atoms with Crippen LogP contribution in [0.3, 0.4) is 0 Å². The molecule has 0 spiro atoms. The van der Waals surface area contributed by atoms with Gasteiger partial charge in [-0.25, -0.2) is 0 Å². The smallest absolute Gasteiger partial charge is 0.255 e. The Kier molecular flexibility index (Phi) is 5.45. The minimum absolute atomic E-state index is 0.101. The van der Waals surface area contributed by atoms with Gasteiger partial charge in [0.1, 0.15) is 5.75 Å². The average Bonchev–Trinajstić information content (AvgIpc) is 2.35. The number of phenolic OH excluding ortho intramolecular Hbond substituents is 1. The lowest BCUT2D eigenvalue weighted by Gasteiger charge is -2.08. The van der Waals surface area contributed by atoms with Crippen molar-refractivity contribution in [1.82, 2.24) is 5.32 Å². The molecule has 0 aliphatic rings. The van der Waals surface area contributed by atoms with Crippen LogP contribution in [-0.4, -0.2) is 35.9 Å². The molecule has 0 saturated carbocycles. The number of hydrogen-bond acceptors (Lipinski definition) is 4. The number of benzene rings is 1. The van der Waals surface area contributed by atoms with Gasteiger partial charge in [-0.1, -0.05) is 6.07 Å². The first-order chi connectivity index (χ1) is 8.19.